The van der Waals surface area contributed by atoms with Crippen LogP contribution in [0.5, 0.6) is 0 Å². The second-order valence-corrected chi connectivity index (χ2v) is 7.76. The van der Waals surface area contributed by atoms with E-state index in [-0.39, 0.29) is 0 Å². The Morgan fingerprint density at radius 3 is 2.54 bits per heavy atom. The van der Waals surface area contributed by atoms with Crippen LogP contribution in [0.1, 0.15) is 5.56 Å². The van der Waals surface area contributed by atoms with Gasteiger partial charge in [0, 0.05) is 11.2 Å². The lowest BCUT2D eigenvalue weighted by Crippen LogP contribution is -2.29. The Morgan fingerprint density at radius 2 is 1.67 bits per heavy atom. The number of aryl methyl sites for hydroxylation is 2. The lowest BCUT2D eigenvalue weighted by molar-refractivity contribution is -0.633. The van der Waals surface area contributed by atoms with Gasteiger partial charge >= 0.3 is 0 Å². The van der Waals surface area contributed by atoms with Gasteiger partial charge in [0.05, 0.1) is 12.6 Å². The highest BCUT2D eigenvalue weighted by Gasteiger charge is 2.20. The number of H-pyrrole nitrogens is 1. The number of aromatic nitrogens is 2. The quantitative estimate of drug-likeness (QED) is 0.402. The average Bonchev–Trinajstić information content (AvgIpc) is 3.11. The largest absolute Gasteiger partial charge is 0.287 e. The van der Waals surface area contributed by atoms with Gasteiger partial charge < -0.3 is 0 Å². The summed E-state index contributed by atoms with van der Waals surface area (Å²) in [4.78, 5) is 3.65. The Kier molecular flexibility index (Phi) is 2.86. The van der Waals surface area contributed by atoms with E-state index in [0.29, 0.717) is 0 Å². The van der Waals surface area contributed by atoms with E-state index in [1.165, 1.54) is 49.0 Å². The molecule has 1 unspecified atom stereocenters. The Balaban J connectivity index is 1.85. The van der Waals surface area contributed by atoms with Gasteiger partial charge in [-0.3, -0.25) is 0 Å². The smallest absolute Gasteiger partial charge is 0.236 e. The van der Waals surface area contributed by atoms with Crippen molar-refractivity contribution >= 4 is 40.2 Å². The SMILES string of the molecule is Cc1ccccc1-c1[nH]c2cc3c(cc2[n+]1C)[pH]c1ccccc13. The molecule has 0 aliphatic rings. The van der Waals surface area contributed by atoms with E-state index in [2.05, 4.69) is 84.2 Å². The van der Waals surface area contributed by atoms with Crippen LogP contribution in [0, 0.1) is 6.92 Å². The number of benzene rings is 3. The van der Waals surface area contributed by atoms with E-state index in [0.717, 1.165) is 8.19 Å². The Labute approximate surface area is 141 Å². The van der Waals surface area contributed by atoms with Crippen molar-refractivity contribution in [3.05, 3.63) is 66.2 Å². The van der Waals surface area contributed by atoms with Crippen molar-refractivity contribution in [3.63, 3.8) is 0 Å². The first-order valence-electron chi connectivity index (χ1n) is 8.20. The molecule has 0 saturated heterocycles. The molecule has 0 aliphatic carbocycles. The minimum atomic E-state index is 0.757. The number of aromatic amines is 1. The maximum Gasteiger partial charge on any atom is 0.287 e. The van der Waals surface area contributed by atoms with Crippen LogP contribution in [-0.2, 0) is 7.05 Å². The van der Waals surface area contributed by atoms with Gasteiger partial charge in [-0.05, 0) is 40.5 Å². The molecule has 0 amide bonds. The number of hydrogen-bond donors (Lipinski definition) is 1. The van der Waals surface area contributed by atoms with Crippen molar-refractivity contribution in [2.45, 2.75) is 6.92 Å². The second kappa shape index (κ2) is 4.96. The summed E-state index contributed by atoms with van der Waals surface area (Å²) in [6.07, 6.45) is 0. The lowest BCUT2D eigenvalue weighted by Gasteiger charge is -1.99. The van der Waals surface area contributed by atoms with Crippen molar-refractivity contribution in [2.75, 3.05) is 0 Å². The van der Waals surface area contributed by atoms with Crippen LogP contribution in [-0.4, -0.2) is 4.98 Å². The molecule has 2 aromatic heterocycles. The van der Waals surface area contributed by atoms with Crippen LogP contribution in [0.4, 0.5) is 0 Å². The number of rotatable bonds is 1. The summed E-state index contributed by atoms with van der Waals surface area (Å²) >= 11 is 0. The van der Waals surface area contributed by atoms with E-state index >= 15 is 0 Å². The minimum Gasteiger partial charge on any atom is -0.236 e. The molecule has 2 heterocycles. The topological polar surface area (TPSA) is 19.7 Å². The molecule has 0 bridgehead atoms. The molecule has 2 nitrogen and oxygen atoms in total. The molecule has 5 rings (SSSR count). The number of imidazole rings is 1. The highest BCUT2D eigenvalue weighted by molar-refractivity contribution is 7.43. The zero-order valence-electron chi connectivity index (χ0n) is 13.7. The van der Waals surface area contributed by atoms with Gasteiger partial charge in [-0.15, -0.1) is 8.19 Å². The van der Waals surface area contributed by atoms with Crippen LogP contribution >= 0.6 is 8.19 Å². The second-order valence-electron chi connectivity index (χ2n) is 6.43. The summed E-state index contributed by atoms with van der Waals surface area (Å²) in [5, 5.41) is 5.69. The zero-order valence-corrected chi connectivity index (χ0v) is 14.7. The molecule has 5 aromatic rings. The van der Waals surface area contributed by atoms with E-state index < -0.39 is 0 Å². The molecule has 1 atom stereocenters. The predicted molar refractivity (Wildman–Crippen MR) is 104 cm³/mol. The summed E-state index contributed by atoms with van der Waals surface area (Å²) in [6, 6.07) is 22.0. The van der Waals surface area contributed by atoms with Gasteiger partial charge in [0.2, 0.25) is 0 Å². The number of nitrogens with zero attached hydrogens (tertiary/aromatic N) is 1. The van der Waals surface area contributed by atoms with E-state index in [1.807, 2.05) is 0 Å². The van der Waals surface area contributed by atoms with Gasteiger partial charge in [0.1, 0.15) is 0 Å². The molecule has 1 N–H and O–H groups in total. The Bertz CT molecular complexity index is 1230. The highest BCUT2D eigenvalue weighted by Crippen LogP contribution is 2.39. The summed E-state index contributed by atoms with van der Waals surface area (Å²) in [5.74, 6) is 1.17. The van der Waals surface area contributed by atoms with Crippen molar-refractivity contribution < 1.29 is 4.57 Å². The molecule has 0 fully saturated rings. The zero-order chi connectivity index (χ0) is 16.3. The third-order valence-electron chi connectivity index (χ3n) is 4.97. The van der Waals surface area contributed by atoms with Crippen LogP contribution in [0.3, 0.4) is 0 Å². The summed E-state index contributed by atoms with van der Waals surface area (Å²) < 4.78 is 2.28. The highest BCUT2D eigenvalue weighted by atomic mass is 31.0. The molecule has 0 spiro atoms. The van der Waals surface area contributed by atoms with Crippen LogP contribution in [0.25, 0.3) is 43.4 Å². The first-order valence-corrected chi connectivity index (χ1v) is 9.20. The predicted octanol–water partition coefficient (Wildman–Crippen LogP) is 5.31. The fourth-order valence-corrected chi connectivity index (χ4v) is 5.06. The number of nitrogens with one attached hydrogen (secondary N) is 1. The molecule has 3 aromatic carbocycles. The van der Waals surface area contributed by atoms with Crippen molar-refractivity contribution in [1.82, 2.24) is 4.98 Å². The van der Waals surface area contributed by atoms with Crippen molar-refractivity contribution in [3.8, 4) is 11.4 Å². The maximum absolute atomic E-state index is 3.65. The van der Waals surface area contributed by atoms with Gasteiger partial charge in [-0.1, -0.05) is 42.5 Å². The number of fused-ring (bicyclic) bond motifs is 4. The molecular formula is C21H18N2P+. The maximum atomic E-state index is 3.65. The molecular weight excluding hydrogens is 311 g/mol. The minimum absolute atomic E-state index is 0.757. The number of hydrogen-bond acceptors (Lipinski definition) is 0. The molecule has 0 aliphatic heterocycles. The average molecular weight is 329 g/mol. The first-order chi connectivity index (χ1) is 11.7. The molecule has 0 radical (unpaired) electrons. The van der Waals surface area contributed by atoms with Crippen LogP contribution in [0.15, 0.2) is 60.7 Å². The monoisotopic (exact) mass is 329 g/mol. The molecule has 3 heteroatoms. The third kappa shape index (κ3) is 1.87. The Hall–Kier alpha value is -2.57. The van der Waals surface area contributed by atoms with Gasteiger partial charge in [-0.25, -0.2) is 9.55 Å². The Morgan fingerprint density at radius 1 is 0.875 bits per heavy atom. The van der Waals surface area contributed by atoms with Crippen LogP contribution < -0.4 is 4.57 Å². The van der Waals surface area contributed by atoms with Crippen molar-refractivity contribution in [1.29, 1.82) is 0 Å². The molecule has 0 saturated carbocycles. The normalized spacial score (nSPS) is 12.1. The fourth-order valence-electron chi connectivity index (χ4n) is 3.68. The lowest BCUT2D eigenvalue weighted by atomic mass is 10.1. The fraction of sp³-hybridized carbons (Fsp3) is 0.0952. The first kappa shape index (κ1) is 13.8. The van der Waals surface area contributed by atoms with E-state index in [9.17, 15) is 0 Å². The standard InChI is InChI=1S/C21H17N2P/c1-13-7-3-4-8-14(13)21-22-17-11-16-15-9-5-6-10-19(15)24-20(16)12-18(17)23(21)2/h3-12,24H,1-2H3/p+1. The van der Waals surface area contributed by atoms with Crippen LogP contribution in [0.2, 0.25) is 0 Å². The van der Waals surface area contributed by atoms with E-state index in [1.54, 1.807) is 0 Å². The van der Waals surface area contributed by atoms with E-state index in [4.69, 9.17) is 0 Å². The summed E-state index contributed by atoms with van der Waals surface area (Å²) in [7, 11) is 2.91. The summed E-state index contributed by atoms with van der Waals surface area (Å²) in [5.41, 5.74) is 5.03. The molecule has 24 heavy (non-hydrogen) atoms. The third-order valence-corrected chi connectivity index (χ3v) is 6.36. The molecule has 116 valence electrons. The van der Waals surface area contributed by atoms with Crippen molar-refractivity contribution in [2.24, 2.45) is 7.05 Å². The van der Waals surface area contributed by atoms with Gasteiger partial charge in [-0.2, -0.15) is 0 Å². The summed E-state index contributed by atoms with van der Waals surface area (Å²) in [6.45, 7) is 2.17. The van der Waals surface area contributed by atoms with Gasteiger partial charge in [0.15, 0.2) is 11.0 Å². The van der Waals surface area contributed by atoms with Gasteiger partial charge in [0.25, 0.3) is 5.82 Å².